The quantitative estimate of drug-likeness (QED) is 0.705. The zero-order valence-electron chi connectivity index (χ0n) is 14.2. The van der Waals surface area contributed by atoms with Crippen molar-refractivity contribution in [2.45, 2.75) is 6.42 Å². The summed E-state index contributed by atoms with van der Waals surface area (Å²) in [5.74, 6) is -1.13. The second-order valence-corrected chi connectivity index (χ2v) is 6.63. The van der Waals surface area contributed by atoms with Gasteiger partial charge in [-0.1, -0.05) is 29.8 Å². The number of fused-ring (bicyclic) bond motifs is 2. The second kappa shape index (κ2) is 6.96. The summed E-state index contributed by atoms with van der Waals surface area (Å²) in [5.41, 5.74) is 2.50. The van der Waals surface area contributed by atoms with Crippen LogP contribution in [-0.2, 0) is 11.2 Å². The molecule has 3 aromatic rings. The van der Waals surface area contributed by atoms with E-state index in [4.69, 9.17) is 11.6 Å². The Morgan fingerprint density at radius 2 is 2.00 bits per heavy atom. The van der Waals surface area contributed by atoms with Crippen LogP contribution in [0.4, 0.5) is 10.1 Å². The highest BCUT2D eigenvalue weighted by atomic mass is 35.5. The normalized spacial score (nSPS) is 12.9. The Labute approximate surface area is 159 Å². The van der Waals surface area contributed by atoms with Gasteiger partial charge < -0.3 is 10.2 Å². The standard InChI is InChI=1S/C20H15ClFN3O2/c21-19-15(9-13-5-6-14(22)10-16(13)24-19)20(27)23-11-18(26)25-8-7-12-3-1-2-4-17(12)25/h1-6,9-10H,7-8,11H2,(H,23,27). The van der Waals surface area contributed by atoms with Gasteiger partial charge in [-0.05, 0) is 36.2 Å². The predicted molar refractivity (Wildman–Crippen MR) is 102 cm³/mol. The van der Waals surface area contributed by atoms with E-state index in [2.05, 4.69) is 10.3 Å². The lowest BCUT2D eigenvalue weighted by Gasteiger charge is -2.17. The van der Waals surface area contributed by atoms with Crippen LogP contribution in [0.25, 0.3) is 10.9 Å². The van der Waals surface area contributed by atoms with Gasteiger partial charge in [0.1, 0.15) is 11.0 Å². The Morgan fingerprint density at radius 3 is 2.85 bits per heavy atom. The highest BCUT2D eigenvalue weighted by Gasteiger charge is 2.24. The number of para-hydroxylation sites is 1. The summed E-state index contributed by atoms with van der Waals surface area (Å²) in [6, 6.07) is 13.3. The first-order valence-corrected chi connectivity index (χ1v) is 8.83. The first-order valence-electron chi connectivity index (χ1n) is 8.45. The SMILES string of the molecule is O=C(NCC(=O)N1CCc2ccccc21)c1cc2ccc(F)cc2nc1Cl. The summed E-state index contributed by atoms with van der Waals surface area (Å²) < 4.78 is 13.3. The molecule has 5 nitrogen and oxygen atoms in total. The summed E-state index contributed by atoms with van der Waals surface area (Å²) in [5, 5.41) is 3.15. The molecule has 0 fully saturated rings. The van der Waals surface area contributed by atoms with Crippen molar-refractivity contribution in [3.63, 3.8) is 0 Å². The van der Waals surface area contributed by atoms with Gasteiger partial charge in [0.25, 0.3) is 5.91 Å². The predicted octanol–water partition coefficient (Wildman–Crippen LogP) is 3.35. The molecule has 1 aromatic heterocycles. The Kier molecular flexibility index (Phi) is 4.49. The number of hydrogen-bond acceptors (Lipinski definition) is 3. The van der Waals surface area contributed by atoms with Crippen molar-refractivity contribution in [3.8, 4) is 0 Å². The van der Waals surface area contributed by atoms with Gasteiger partial charge in [-0.2, -0.15) is 0 Å². The summed E-state index contributed by atoms with van der Waals surface area (Å²) in [6.07, 6.45) is 0.798. The number of carbonyl (C=O) groups excluding carboxylic acids is 2. The smallest absolute Gasteiger partial charge is 0.254 e. The molecule has 2 aromatic carbocycles. The van der Waals surface area contributed by atoms with Crippen molar-refractivity contribution >= 4 is 40.0 Å². The van der Waals surface area contributed by atoms with Gasteiger partial charge in [-0.15, -0.1) is 0 Å². The number of carbonyl (C=O) groups is 2. The van der Waals surface area contributed by atoms with E-state index in [0.29, 0.717) is 17.4 Å². The maximum absolute atomic E-state index is 13.3. The van der Waals surface area contributed by atoms with Crippen LogP contribution < -0.4 is 10.2 Å². The monoisotopic (exact) mass is 383 g/mol. The van der Waals surface area contributed by atoms with E-state index in [0.717, 1.165) is 17.7 Å². The lowest BCUT2D eigenvalue weighted by atomic mass is 10.1. The molecule has 0 saturated carbocycles. The van der Waals surface area contributed by atoms with Gasteiger partial charge >= 0.3 is 0 Å². The maximum Gasteiger partial charge on any atom is 0.254 e. The highest BCUT2D eigenvalue weighted by molar-refractivity contribution is 6.33. The molecular formula is C20H15ClFN3O2. The van der Waals surface area contributed by atoms with E-state index in [9.17, 15) is 14.0 Å². The summed E-state index contributed by atoms with van der Waals surface area (Å²) in [4.78, 5) is 30.7. The van der Waals surface area contributed by atoms with E-state index in [1.807, 2.05) is 24.3 Å². The Morgan fingerprint density at radius 1 is 1.19 bits per heavy atom. The number of nitrogens with zero attached hydrogens (tertiary/aromatic N) is 2. The minimum atomic E-state index is -0.500. The van der Waals surface area contributed by atoms with Crippen molar-refractivity contribution in [2.75, 3.05) is 18.0 Å². The first kappa shape index (κ1) is 17.4. The minimum absolute atomic E-state index is 0.0374. The van der Waals surface area contributed by atoms with Crippen LogP contribution in [0, 0.1) is 5.82 Å². The molecule has 2 heterocycles. The Balaban J connectivity index is 1.48. The zero-order chi connectivity index (χ0) is 19.0. The number of anilines is 1. The summed E-state index contributed by atoms with van der Waals surface area (Å²) in [6.45, 7) is 0.447. The zero-order valence-corrected chi connectivity index (χ0v) is 15.0. The molecular weight excluding hydrogens is 369 g/mol. The molecule has 1 N–H and O–H groups in total. The molecule has 1 aliphatic rings. The fourth-order valence-corrected chi connectivity index (χ4v) is 3.45. The van der Waals surface area contributed by atoms with Crippen LogP contribution in [0.5, 0.6) is 0 Å². The Hall–Kier alpha value is -2.99. The van der Waals surface area contributed by atoms with Crippen LogP contribution in [0.1, 0.15) is 15.9 Å². The molecule has 1 aliphatic heterocycles. The van der Waals surface area contributed by atoms with Gasteiger partial charge in [0, 0.05) is 23.7 Å². The van der Waals surface area contributed by atoms with Crippen LogP contribution in [-0.4, -0.2) is 29.9 Å². The number of rotatable bonds is 3. The molecule has 0 saturated heterocycles. The molecule has 0 aliphatic carbocycles. The van der Waals surface area contributed by atoms with Gasteiger partial charge in [0.2, 0.25) is 5.91 Å². The topological polar surface area (TPSA) is 62.3 Å². The van der Waals surface area contributed by atoms with E-state index >= 15 is 0 Å². The largest absolute Gasteiger partial charge is 0.343 e. The highest BCUT2D eigenvalue weighted by Crippen LogP contribution is 2.27. The third-order valence-corrected chi connectivity index (χ3v) is 4.85. The van der Waals surface area contributed by atoms with Crippen molar-refractivity contribution in [1.29, 1.82) is 0 Å². The van der Waals surface area contributed by atoms with Gasteiger partial charge in [0.15, 0.2) is 0 Å². The number of aromatic nitrogens is 1. The molecule has 0 bridgehead atoms. The number of benzene rings is 2. The molecule has 27 heavy (non-hydrogen) atoms. The molecule has 7 heteroatoms. The van der Waals surface area contributed by atoms with E-state index in [1.54, 1.807) is 4.90 Å². The maximum atomic E-state index is 13.3. The number of halogens is 2. The molecule has 0 radical (unpaired) electrons. The van der Waals surface area contributed by atoms with Crippen LogP contribution in [0.3, 0.4) is 0 Å². The van der Waals surface area contributed by atoms with Crippen molar-refractivity contribution < 1.29 is 14.0 Å². The van der Waals surface area contributed by atoms with Crippen LogP contribution >= 0.6 is 11.6 Å². The van der Waals surface area contributed by atoms with Crippen molar-refractivity contribution in [2.24, 2.45) is 0 Å². The third kappa shape index (κ3) is 3.36. The minimum Gasteiger partial charge on any atom is -0.343 e. The fourth-order valence-electron chi connectivity index (χ4n) is 3.22. The van der Waals surface area contributed by atoms with Crippen molar-refractivity contribution in [3.05, 3.63) is 70.6 Å². The third-order valence-electron chi connectivity index (χ3n) is 4.57. The number of amides is 2. The number of pyridine rings is 1. The molecule has 136 valence electrons. The van der Waals surface area contributed by atoms with Crippen molar-refractivity contribution in [1.82, 2.24) is 10.3 Å². The van der Waals surface area contributed by atoms with Gasteiger partial charge in [-0.3, -0.25) is 9.59 Å². The summed E-state index contributed by atoms with van der Waals surface area (Å²) >= 11 is 6.07. The van der Waals surface area contributed by atoms with Crippen LogP contribution in [0.2, 0.25) is 5.15 Å². The average molecular weight is 384 g/mol. The number of hydrogen-bond donors (Lipinski definition) is 1. The van der Waals surface area contributed by atoms with Gasteiger partial charge in [-0.25, -0.2) is 9.37 Å². The second-order valence-electron chi connectivity index (χ2n) is 6.27. The molecule has 2 amide bonds. The molecule has 0 spiro atoms. The number of nitrogens with one attached hydrogen (secondary N) is 1. The van der Waals surface area contributed by atoms with Crippen LogP contribution in [0.15, 0.2) is 48.5 Å². The lowest BCUT2D eigenvalue weighted by Crippen LogP contribution is -2.39. The molecule has 0 unspecified atom stereocenters. The first-order chi connectivity index (χ1) is 13.0. The van der Waals surface area contributed by atoms with E-state index < -0.39 is 11.7 Å². The average Bonchev–Trinajstić information content (AvgIpc) is 3.09. The van der Waals surface area contributed by atoms with E-state index in [-0.39, 0.29) is 23.2 Å². The van der Waals surface area contributed by atoms with E-state index in [1.165, 1.54) is 24.3 Å². The lowest BCUT2D eigenvalue weighted by molar-refractivity contribution is -0.117. The summed E-state index contributed by atoms with van der Waals surface area (Å²) in [7, 11) is 0. The van der Waals surface area contributed by atoms with Gasteiger partial charge in [0.05, 0.1) is 17.6 Å². The fraction of sp³-hybridized carbons (Fsp3) is 0.150. The Bertz CT molecular complexity index is 1070. The molecule has 0 atom stereocenters. The molecule has 4 rings (SSSR count).